The maximum atomic E-state index is 12.6. The summed E-state index contributed by atoms with van der Waals surface area (Å²) < 4.78 is 0. The van der Waals surface area contributed by atoms with E-state index in [1.807, 2.05) is 24.4 Å². The quantitative estimate of drug-likeness (QED) is 0.802. The summed E-state index contributed by atoms with van der Waals surface area (Å²) in [5, 5.41) is 2.98. The maximum Gasteiger partial charge on any atom is 0.257 e. The Labute approximate surface area is 156 Å². The summed E-state index contributed by atoms with van der Waals surface area (Å²) in [5.41, 5.74) is 3.74. The summed E-state index contributed by atoms with van der Waals surface area (Å²) >= 11 is 0. The van der Waals surface area contributed by atoms with Crippen LogP contribution in [0.15, 0.2) is 42.7 Å². The van der Waals surface area contributed by atoms with Crippen LogP contribution >= 0.6 is 0 Å². The van der Waals surface area contributed by atoms with E-state index in [1.54, 1.807) is 6.20 Å². The van der Waals surface area contributed by atoms with E-state index in [-0.39, 0.29) is 5.91 Å². The van der Waals surface area contributed by atoms with Gasteiger partial charge in [0.05, 0.1) is 17.4 Å². The molecule has 0 bridgehead atoms. The van der Waals surface area contributed by atoms with Crippen molar-refractivity contribution in [1.29, 1.82) is 0 Å². The molecular weight excluding hydrogens is 322 g/mol. The molecule has 4 heteroatoms. The van der Waals surface area contributed by atoms with Crippen LogP contribution < -0.4 is 10.2 Å². The van der Waals surface area contributed by atoms with E-state index < -0.39 is 0 Å². The number of piperidine rings is 1. The third kappa shape index (κ3) is 4.24. The summed E-state index contributed by atoms with van der Waals surface area (Å²) in [6, 6.07) is 10.6. The molecular formula is C22H29N3O. The highest BCUT2D eigenvalue weighted by Crippen LogP contribution is 2.26. The standard InChI is InChI=1S/C22H29N3O/c1-4-20-7-5-6-12-25(20)21-13-18(14-23-15-21)22(26)24-19-10-8-17(9-11-19)16(2)3/h8-11,13-16,20H,4-7,12H2,1-3H3,(H,24,26). The molecule has 1 fully saturated rings. The van der Waals surface area contributed by atoms with Crippen molar-refractivity contribution in [2.24, 2.45) is 0 Å². The first kappa shape index (κ1) is 18.4. The highest BCUT2D eigenvalue weighted by Gasteiger charge is 2.22. The van der Waals surface area contributed by atoms with Gasteiger partial charge in [-0.2, -0.15) is 0 Å². The van der Waals surface area contributed by atoms with Gasteiger partial charge in [0, 0.05) is 24.5 Å². The van der Waals surface area contributed by atoms with Gasteiger partial charge in [-0.15, -0.1) is 0 Å². The van der Waals surface area contributed by atoms with Gasteiger partial charge in [-0.1, -0.05) is 32.9 Å². The van der Waals surface area contributed by atoms with Crippen LogP contribution in [0.3, 0.4) is 0 Å². The lowest BCUT2D eigenvalue weighted by molar-refractivity contribution is 0.102. The van der Waals surface area contributed by atoms with Crippen LogP contribution in [0.4, 0.5) is 11.4 Å². The molecule has 3 rings (SSSR count). The minimum atomic E-state index is -0.110. The number of nitrogens with one attached hydrogen (secondary N) is 1. The second-order valence-electron chi connectivity index (χ2n) is 7.41. The topological polar surface area (TPSA) is 45.2 Å². The first-order chi connectivity index (χ1) is 12.6. The van der Waals surface area contributed by atoms with Crippen molar-refractivity contribution in [3.8, 4) is 0 Å². The van der Waals surface area contributed by atoms with Gasteiger partial charge < -0.3 is 10.2 Å². The Morgan fingerprint density at radius 1 is 1.23 bits per heavy atom. The fourth-order valence-electron chi connectivity index (χ4n) is 3.63. The van der Waals surface area contributed by atoms with Crippen LogP contribution in [0.1, 0.15) is 68.3 Å². The fraction of sp³-hybridized carbons (Fsp3) is 0.455. The van der Waals surface area contributed by atoms with Gasteiger partial charge in [0.15, 0.2) is 0 Å². The van der Waals surface area contributed by atoms with Crippen LogP contribution in [0.25, 0.3) is 0 Å². The van der Waals surface area contributed by atoms with E-state index in [9.17, 15) is 4.79 Å². The van der Waals surface area contributed by atoms with Gasteiger partial charge in [0.1, 0.15) is 0 Å². The fourth-order valence-corrected chi connectivity index (χ4v) is 3.63. The molecule has 2 heterocycles. The second kappa shape index (κ2) is 8.35. The molecule has 0 radical (unpaired) electrons. The molecule has 1 amide bonds. The zero-order valence-corrected chi connectivity index (χ0v) is 16.0. The molecule has 2 aromatic rings. The van der Waals surface area contributed by atoms with E-state index in [1.165, 1.54) is 24.8 Å². The molecule has 1 aromatic carbocycles. The molecule has 26 heavy (non-hydrogen) atoms. The zero-order chi connectivity index (χ0) is 18.5. The number of anilines is 2. The van der Waals surface area contributed by atoms with Gasteiger partial charge in [-0.25, -0.2) is 0 Å². The predicted octanol–water partition coefficient (Wildman–Crippen LogP) is 5.23. The maximum absolute atomic E-state index is 12.6. The first-order valence-electron chi connectivity index (χ1n) is 9.71. The van der Waals surface area contributed by atoms with Gasteiger partial charge in [-0.3, -0.25) is 9.78 Å². The van der Waals surface area contributed by atoms with Crippen LogP contribution in [-0.2, 0) is 0 Å². The number of rotatable bonds is 5. The lowest BCUT2D eigenvalue weighted by Crippen LogP contribution is -2.39. The Balaban J connectivity index is 1.73. The molecule has 1 aliphatic heterocycles. The summed E-state index contributed by atoms with van der Waals surface area (Å²) in [6.45, 7) is 7.60. The van der Waals surface area contributed by atoms with Crippen LogP contribution in [0, 0.1) is 0 Å². The number of hydrogen-bond acceptors (Lipinski definition) is 3. The van der Waals surface area contributed by atoms with Crippen molar-refractivity contribution in [2.75, 3.05) is 16.8 Å². The number of pyridine rings is 1. The normalized spacial score (nSPS) is 17.4. The number of aromatic nitrogens is 1. The van der Waals surface area contributed by atoms with E-state index in [4.69, 9.17) is 0 Å². The number of amides is 1. The van der Waals surface area contributed by atoms with E-state index in [2.05, 4.69) is 48.1 Å². The smallest absolute Gasteiger partial charge is 0.257 e. The van der Waals surface area contributed by atoms with E-state index in [0.717, 1.165) is 24.3 Å². The van der Waals surface area contributed by atoms with E-state index in [0.29, 0.717) is 17.5 Å². The number of nitrogens with zero attached hydrogens (tertiary/aromatic N) is 2. The summed E-state index contributed by atoms with van der Waals surface area (Å²) in [5.74, 6) is 0.374. The second-order valence-corrected chi connectivity index (χ2v) is 7.41. The molecule has 0 spiro atoms. The molecule has 1 atom stereocenters. The molecule has 0 aliphatic carbocycles. The average molecular weight is 351 g/mol. The Hall–Kier alpha value is -2.36. The molecule has 1 aromatic heterocycles. The molecule has 138 valence electrons. The lowest BCUT2D eigenvalue weighted by atomic mass is 9.99. The average Bonchev–Trinajstić information content (AvgIpc) is 2.68. The molecule has 1 saturated heterocycles. The van der Waals surface area contributed by atoms with Crippen molar-refractivity contribution in [2.45, 2.75) is 58.4 Å². The minimum Gasteiger partial charge on any atom is -0.367 e. The van der Waals surface area contributed by atoms with E-state index >= 15 is 0 Å². The Bertz CT molecular complexity index is 739. The highest BCUT2D eigenvalue weighted by atomic mass is 16.1. The molecule has 1 unspecified atom stereocenters. The van der Waals surface area contributed by atoms with Crippen LogP contribution in [0.5, 0.6) is 0 Å². The van der Waals surface area contributed by atoms with Crippen molar-refractivity contribution in [3.05, 3.63) is 53.9 Å². The highest BCUT2D eigenvalue weighted by molar-refractivity contribution is 6.04. The van der Waals surface area contributed by atoms with Crippen molar-refractivity contribution < 1.29 is 4.79 Å². The largest absolute Gasteiger partial charge is 0.367 e. The molecule has 4 nitrogen and oxygen atoms in total. The third-order valence-electron chi connectivity index (χ3n) is 5.25. The third-order valence-corrected chi connectivity index (χ3v) is 5.25. The minimum absolute atomic E-state index is 0.110. The lowest BCUT2D eigenvalue weighted by Gasteiger charge is -2.37. The van der Waals surface area contributed by atoms with Crippen molar-refractivity contribution in [1.82, 2.24) is 4.98 Å². The molecule has 1 aliphatic rings. The number of carbonyl (C=O) groups excluding carboxylic acids is 1. The van der Waals surface area contributed by atoms with Gasteiger partial charge in [0.2, 0.25) is 0 Å². The Morgan fingerprint density at radius 2 is 2.00 bits per heavy atom. The predicted molar refractivity (Wildman–Crippen MR) is 108 cm³/mol. The Kier molecular flexibility index (Phi) is 5.92. The number of benzene rings is 1. The van der Waals surface area contributed by atoms with Gasteiger partial charge in [0.25, 0.3) is 5.91 Å². The Morgan fingerprint density at radius 3 is 2.69 bits per heavy atom. The van der Waals surface area contributed by atoms with Crippen LogP contribution in [-0.4, -0.2) is 23.5 Å². The number of carbonyl (C=O) groups is 1. The summed E-state index contributed by atoms with van der Waals surface area (Å²) in [4.78, 5) is 19.4. The molecule has 0 saturated carbocycles. The zero-order valence-electron chi connectivity index (χ0n) is 16.0. The van der Waals surface area contributed by atoms with Crippen molar-refractivity contribution in [3.63, 3.8) is 0 Å². The van der Waals surface area contributed by atoms with Crippen molar-refractivity contribution >= 4 is 17.3 Å². The monoisotopic (exact) mass is 351 g/mol. The number of hydrogen-bond donors (Lipinski definition) is 1. The van der Waals surface area contributed by atoms with Gasteiger partial charge >= 0.3 is 0 Å². The molecule has 1 N–H and O–H groups in total. The summed E-state index contributed by atoms with van der Waals surface area (Å²) in [6.07, 6.45) is 8.35. The SMILES string of the molecule is CCC1CCCCN1c1cncc(C(=O)Nc2ccc(C(C)C)cc2)c1. The van der Waals surface area contributed by atoms with Crippen LogP contribution in [0.2, 0.25) is 0 Å². The van der Waals surface area contributed by atoms with Gasteiger partial charge in [-0.05, 0) is 55.4 Å². The summed E-state index contributed by atoms with van der Waals surface area (Å²) in [7, 11) is 0. The first-order valence-corrected chi connectivity index (χ1v) is 9.71.